The smallest absolute Gasteiger partial charge is 0.162 e. The molecule has 0 unspecified atom stereocenters. The first kappa shape index (κ1) is 15.9. The van der Waals surface area contributed by atoms with Crippen LogP contribution in [0.2, 0.25) is 0 Å². The zero-order valence-corrected chi connectivity index (χ0v) is 12.7. The van der Waals surface area contributed by atoms with Gasteiger partial charge >= 0.3 is 0 Å². The highest BCUT2D eigenvalue weighted by Gasteiger charge is 2.07. The van der Waals surface area contributed by atoms with E-state index in [1.165, 1.54) is 31.2 Å². The molecule has 1 rings (SSSR count). The Labute approximate surface area is 118 Å². The lowest BCUT2D eigenvalue weighted by atomic mass is 9.98. The van der Waals surface area contributed by atoms with Gasteiger partial charge in [-0.05, 0) is 30.4 Å². The molecule has 0 aliphatic heterocycles. The minimum Gasteiger partial charge on any atom is -0.294 e. The molecule has 0 aliphatic rings. The first-order chi connectivity index (χ1) is 9.13. The normalized spacial score (nSPS) is 10.9. The number of rotatable bonds is 9. The Morgan fingerprint density at radius 3 is 2.53 bits per heavy atom. The van der Waals surface area contributed by atoms with Crippen LogP contribution in [-0.2, 0) is 6.42 Å². The molecule has 0 radical (unpaired) electrons. The van der Waals surface area contributed by atoms with Crippen molar-refractivity contribution in [2.75, 3.05) is 0 Å². The molecular weight excluding hydrogens is 232 g/mol. The lowest BCUT2D eigenvalue weighted by molar-refractivity contribution is 0.0979. The lowest BCUT2D eigenvalue weighted by Crippen LogP contribution is -2.01. The van der Waals surface area contributed by atoms with Crippen molar-refractivity contribution in [3.05, 3.63) is 35.4 Å². The molecule has 0 atom stereocenters. The average molecular weight is 260 g/mol. The fraction of sp³-hybridized carbons (Fsp3) is 0.611. The van der Waals surface area contributed by atoms with Crippen molar-refractivity contribution in [2.45, 2.75) is 65.7 Å². The molecule has 0 aliphatic carbocycles. The minimum absolute atomic E-state index is 0.308. The molecule has 106 valence electrons. The quantitative estimate of drug-likeness (QED) is 0.427. The molecule has 0 N–H and O–H groups in total. The largest absolute Gasteiger partial charge is 0.294 e. The number of carbonyl (C=O) groups excluding carboxylic acids is 1. The minimum atomic E-state index is 0.308. The molecule has 1 heteroatoms. The van der Waals surface area contributed by atoms with Crippen molar-refractivity contribution in [2.24, 2.45) is 5.92 Å². The van der Waals surface area contributed by atoms with Crippen LogP contribution >= 0.6 is 0 Å². The van der Waals surface area contributed by atoms with Crippen LogP contribution in [0, 0.1) is 5.92 Å². The molecular formula is C18H28O. The first-order valence-corrected chi connectivity index (χ1v) is 7.75. The third-order valence-corrected chi connectivity index (χ3v) is 3.40. The molecule has 19 heavy (non-hydrogen) atoms. The summed E-state index contributed by atoms with van der Waals surface area (Å²) in [7, 11) is 0. The van der Waals surface area contributed by atoms with E-state index in [1.807, 2.05) is 12.1 Å². The first-order valence-electron chi connectivity index (χ1n) is 7.75. The van der Waals surface area contributed by atoms with Gasteiger partial charge in [-0.15, -0.1) is 0 Å². The Bertz CT molecular complexity index is 379. The summed E-state index contributed by atoms with van der Waals surface area (Å²) in [5.41, 5.74) is 2.18. The Balaban J connectivity index is 2.43. The van der Waals surface area contributed by atoms with Crippen LogP contribution in [0.15, 0.2) is 24.3 Å². The van der Waals surface area contributed by atoms with E-state index in [-0.39, 0.29) is 0 Å². The molecule has 0 aromatic heterocycles. The molecule has 1 aromatic carbocycles. The highest BCUT2D eigenvalue weighted by atomic mass is 16.1. The van der Waals surface area contributed by atoms with Gasteiger partial charge in [-0.1, -0.05) is 64.7 Å². The second kappa shape index (κ2) is 8.90. The van der Waals surface area contributed by atoms with E-state index in [0.717, 1.165) is 18.4 Å². The highest BCUT2D eigenvalue weighted by Crippen LogP contribution is 2.14. The molecule has 0 saturated heterocycles. The Morgan fingerprint density at radius 1 is 1.11 bits per heavy atom. The van der Waals surface area contributed by atoms with Gasteiger partial charge in [0, 0.05) is 12.0 Å². The van der Waals surface area contributed by atoms with Gasteiger partial charge in [0.25, 0.3) is 0 Å². The van der Waals surface area contributed by atoms with Gasteiger partial charge in [-0.25, -0.2) is 0 Å². The Hall–Kier alpha value is -1.11. The summed E-state index contributed by atoms with van der Waals surface area (Å²) < 4.78 is 0. The van der Waals surface area contributed by atoms with Crippen LogP contribution in [0.4, 0.5) is 0 Å². The zero-order valence-electron chi connectivity index (χ0n) is 12.7. The van der Waals surface area contributed by atoms with Gasteiger partial charge in [0.2, 0.25) is 0 Å². The number of carbonyl (C=O) groups is 1. The van der Waals surface area contributed by atoms with Gasteiger partial charge in [0.05, 0.1) is 0 Å². The second-order valence-corrected chi connectivity index (χ2v) is 5.89. The summed E-state index contributed by atoms with van der Waals surface area (Å²) in [4.78, 5) is 12.1. The molecule has 0 amide bonds. The number of benzene rings is 1. The zero-order chi connectivity index (χ0) is 14.1. The standard InChI is InChI=1S/C18H28O/c1-4-5-6-7-8-12-18(19)17-11-9-10-16(14-17)13-15(2)3/h9-11,14-15H,4-8,12-13H2,1-3H3. The maximum atomic E-state index is 12.1. The van der Waals surface area contributed by atoms with E-state index in [2.05, 4.69) is 32.9 Å². The van der Waals surface area contributed by atoms with E-state index in [0.29, 0.717) is 18.1 Å². The van der Waals surface area contributed by atoms with Crippen LogP contribution in [0.25, 0.3) is 0 Å². The molecule has 0 saturated carbocycles. The van der Waals surface area contributed by atoms with Crippen LogP contribution < -0.4 is 0 Å². The number of hydrogen-bond donors (Lipinski definition) is 0. The Morgan fingerprint density at radius 2 is 1.84 bits per heavy atom. The predicted octanol–water partition coefficient (Wildman–Crippen LogP) is 5.43. The molecule has 1 aromatic rings. The van der Waals surface area contributed by atoms with Crippen molar-refractivity contribution in [3.8, 4) is 0 Å². The Kier molecular flexibility index (Phi) is 7.47. The monoisotopic (exact) mass is 260 g/mol. The van der Waals surface area contributed by atoms with Crippen molar-refractivity contribution in [1.82, 2.24) is 0 Å². The van der Waals surface area contributed by atoms with E-state index in [9.17, 15) is 4.79 Å². The summed E-state index contributed by atoms with van der Waals surface area (Å²) in [6.45, 7) is 6.63. The van der Waals surface area contributed by atoms with Gasteiger partial charge in [-0.2, -0.15) is 0 Å². The molecule has 0 spiro atoms. The fourth-order valence-corrected chi connectivity index (χ4v) is 2.38. The van der Waals surface area contributed by atoms with Gasteiger partial charge in [-0.3, -0.25) is 4.79 Å². The predicted molar refractivity (Wildman–Crippen MR) is 82.7 cm³/mol. The molecule has 0 fully saturated rings. The van der Waals surface area contributed by atoms with E-state index >= 15 is 0 Å². The summed E-state index contributed by atoms with van der Waals surface area (Å²) in [6.07, 6.45) is 7.78. The maximum Gasteiger partial charge on any atom is 0.162 e. The number of Topliss-reactive ketones (excluding diaryl/α,β-unsaturated/α-hetero) is 1. The SMILES string of the molecule is CCCCCCCC(=O)c1cccc(CC(C)C)c1. The van der Waals surface area contributed by atoms with Crippen LogP contribution in [0.1, 0.15) is 75.2 Å². The van der Waals surface area contributed by atoms with E-state index in [1.54, 1.807) is 0 Å². The van der Waals surface area contributed by atoms with Gasteiger partial charge in [0.15, 0.2) is 5.78 Å². The summed E-state index contributed by atoms with van der Waals surface area (Å²) >= 11 is 0. The summed E-state index contributed by atoms with van der Waals surface area (Å²) in [5, 5.41) is 0. The number of ketones is 1. The maximum absolute atomic E-state index is 12.1. The van der Waals surface area contributed by atoms with E-state index in [4.69, 9.17) is 0 Å². The second-order valence-electron chi connectivity index (χ2n) is 5.89. The summed E-state index contributed by atoms with van der Waals surface area (Å²) in [6, 6.07) is 8.17. The van der Waals surface area contributed by atoms with Gasteiger partial charge in [0.1, 0.15) is 0 Å². The average Bonchev–Trinajstić information content (AvgIpc) is 2.38. The van der Waals surface area contributed by atoms with Crippen molar-refractivity contribution in [3.63, 3.8) is 0 Å². The third kappa shape index (κ3) is 6.56. The molecule has 1 nitrogen and oxygen atoms in total. The lowest BCUT2D eigenvalue weighted by Gasteiger charge is -2.07. The van der Waals surface area contributed by atoms with Crippen LogP contribution in [0.3, 0.4) is 0 Å². The number of unbranched alkanes of at least 4 members (excludes halogenated alkanes) is 4. The fourth-order valence-electron chi connectivity index (χ4n) is 2.38. The van der Waals surface area contributed by atoms with Gasteiger partial charge < -0.3 is 0 Å². The van der Waals surface area contributed by atoms with Crippen molar-refractivity contribution < 1.29 is 4.79 Å². The third-order valence-electron chi connectivity index (χ3n) is 3.40. The molecule has 0 bridgehead atoms. The number of hydrogen-bond acceptors (Lipinski definition) is 1. The van der Waals surface area contributed by atoms with E-state index < -0.39 is 0 Å². The topological polar surface area (TPSA) is 17.1 Å². The van der Waals surface area contributed by atoms with Crippen LogP contribution in [-0.4, -0.2) is 5.78 Å². The summed E-state index contributed by atoms with van der Waals surface area (Å²) in [5.74, 6) is 0.946. The molecule has 0 heterocycles. The van der Waals surface area contributed by atoms with Crippen molar-refractivity contribution >= 4 is 5.78 Å². The van der Waals surface area contributed by atoms with Crippen LogP contribution in [0.5, 0.6) is 0 Å². The van der Waals surface area contributed by atoms with Crippen molar-refractivity contribution in [1.29, 1.82) is 0 Å². The highest BCUT2D eigenvalue weighted by molar-refractivity contribution is 5.96.